The molecule has 0 bridgehead atoms. The Morgan fingerprint density at radius 2 is 2.22 bits per heavy atom. The van der Waals surface area contributed by atoms with Gasteiger partial charge in [0.1, 0.15) is 4.60 Å². The van der Waals surface area contributed by atoms with E-state index in [2.05, 4.69) is 31.2 Å². The Balaban J connectivity index is 1.83. The summed E-state index contributed by atoms with van der Waals surface area (Å²) in [5.41, 5.74) is 0.188. The molecule has 6 heteroatoms. The summed E-state index contributed by atoms with van der Waals surface area (Å²) in [6.45, 7) is 0.527. The molecule has 2 N–H and O–H groups in total. The first-order valence-electron chi connectivity index (χ1n) is 6.12. The Kier molecular flexibility index (Phi) is 2.99. The van der Waals surface area contributed by atoms with E-state index < -0.39 is 5.60 Å². The van der Waals surface area contributed by atoms with Crippen LogP contribution in [0.5, 0.6) is 0 Å². The molecule has 2 heterocycles. The number of hydrogen-bond acceptors (Lipinski definition) is 4. The molecule has 5 nitrogen and oxygen atoms in total. The molecular formula is C12H15BrN4O. The summed E-state index contributed by atoms with van der Waals surface area (Å²) in [4.78, 5) is 8.64. The minimum absolute atomic E-state index is 0.527. The summed E-state index contributed by atoms with van der Waals surface area (Å²) in [5.74, 6) is 0.703. The Labute approximate surface area is 113 Å². The lowest BCUT2D eigenvalue weighted by molar-refractivity contribution is 0.0614. The molecule has 0 amide bonds. The third kappa shape index (κ3) is 2.22. The highest BCUT2D eigenvalue weighted by Gasteiger charge is 2.31. The maximum absolute atomic E-state index is 10.3. The van der Waals surface area contributed by atoms with Crippen molar-refractivity contribution >= 4 is 27.4 Å². The van der Waals surface area contributed by atoms with E-state index in [0.717, 1.165) is 35.9 Å². The van der Waals surface area contributed by atoms with Gasteiger partial charge in [-0.05, 0) is 28.8 Å². The maximum Gasteiger partial charge on any atom is 0.180 e. The number of halogens is 1. The first-order valence-corrected chi connectivity index (χ1v) is 6.91. The standard InChI is InChI=1S/C12H15BrN4O/c13-9-7-17-6-5-14-11(17)10(16-9)15-8-12(18)3-1-2-4-12/h5-7,18H,1-4,8H2,(H,15,16). The number of nitrogens with zero attached hydrogens (tertiary/aromatic N) is 3. The maximum atomic E-state index is 10.3. The van der Waals surface area contributed by atoms with Gasteiger partial charge < -0.3 is 14.8 Å². The van der Waals surface area contributed by atoms with Gasteiger partial charge in [0, 0.05) is 25.1 Å². The Morgan fingerprint density at radius 1 is 1.44 bits per heavy atom. The predicted octanol–water partition coefficient (Wildman–Crippen LogP) is 2.21. The molecule has 0 atom stereocenters. The molecule has 1 aliphatic carbocycles. The largest absolute Gasteiger partial charge is 0.388 e. The van der Waals surface area contributed by atoms with E-state index in [1.54, 1.807) is 6.20 Å². The van der Waals surface area contributed by atoms with Gasteiger partial charge in [0.2, 0.25) is 0 Å². The minimum atomic E-state index is -0.590. The summed E-state index contributed by atoms with van der Waals surface area (Å²) in [5, 5.41) is 13.5. The van der Waals surface area contributed by atoms with Crippen LogP contribution in [-0.2, 0) is 0 Å². The average Bonchev–Trinajstić information content (AvgIpc) is 2.95. The number of aromatic nitrogens is 3. The van der Waals surface area contributed by atoms with Gasteiger partial charge in [-0.1, -0.05) is 12.8 Å². The van der Waals surface area contributed by atoms with Gasteiger partial charge >= 0.3 is 0 Å². The number of nitrogens with one attached hydrogen (secondary N) is 1. The van der Waals surface area contributed by atoms with Gasteiger partial charge in [-0.25, -0.2) is 9.97 Å². The van der Waals surface area contributed by atoms with E-state index in [1.807, 2.05) is 16.8 Å². The fourth-order valence-corrected chi connectivity index (χ4v) is 2.88. The van der Waals surface area contributed by atoms with Crippen molar-refractivity contribution < 1.29 is 5.11 Å². The molecule has 0 aromatic carbocycles. The zero-order valence-electron chi connectivity index (χ0n) is 9.93. The van der Waals surface area contributed by atoms with Crippen molar-refractivity contribution in [2.45, 2.75) is 31.3 Å². The second kappa shape index (κ2) is 4.51. The number of anilines is 1. The molecular weight excluding hydrogens is 296 g/mol. The molecule has 0 spiro atoms. The molecule has 2 aromatic rings. The van der Waals surface area contributed by atoms with Crippen LogP contribution in [0.3, 0.4) is 0 Å². The zero-order chi connectivity index (χ0) is 12.6. The van der Waals surface area contributed by atoms with E-state index >= 15 is 0 Å². The van der Waals surface area contributed by atoms with Crippen LogP contribution < -0.4 is 5.32 Å². The Bertz CT molecular complexity index is 562. The molecule has 1 saturated carbocycles. The number of hydrogen-bond donors (Lipinski definition) is 2. The Hall–Kier alpha value is -1.14. The monoisotopic (exact) mass is 310 g/mol. The summed E-state index contributed by atoms with van der Waals surface area (Å²) >= 11 is 3.37. The molecule has 0 aliphatic heterocycles. The lowest BCUT2D eigenvalue weighted by atomic mass is 10.0. The second-order valence-corrected chi connectivity index (χ2v) is 5.67. The van der Waals surface area contributed by atoms with Gasteiger partial charge in [-0.2, -0.15) is 0 Å². The lowest BCUT2D eigenvalue weighted by Gasteiger charge is -2.22. The number of rotatable bonds is 3. The molecule has 3 rings (SSSR count). The van der Waals surface area contributed by atoms with E-state index in [0.29, 0.717) is 12.4 Å². The number of aliphatic hydroxyl groups is 1. The number of fused-ring (bicyclic) bond motifs is 1. The third-order valence-corrected chi connectivity index (χ3v) is 3.85. The Morgan fingerprint density at radius 3 is 3.00 bits per heavy atom. The van der Waals surface area contributed by atoms with Crippen LogP contribution in [0.25, 0.3) is 5.65 Å². The third-order valence-electron chi connectivity index (χ3n) is 3.46. The van der Waals surface area contributed by atoms with E-state index in [9.17, 15) is 5.11 Å². The van der Waals surface area contributed by atoms with Crippen LogP contribution in [0.4, 0.5) is 5.82 Å². The van der Waals surface area contributed by atoms with Crippen molar-refractivity contribution in [2.24, 2.45) is 0 Å². The van der Waals surface area contributed by atoms with Crippen molar-refractivity contribution in [1.82, 2.24) is 14.4 Å². The molecule has 0 unspecified atom stereocenters. The average molecular weight is 311 g/mol. The van der Waals surface area contributed by atoms with Crippen molar-refractivity contribution in [3.05, 3.63) is 23.2 Å². The molecule has 1 fully saturated rings. The minimum Gasteiger partial charge on any atom is -0.388 e. The van der Waals surface area contributed by atoms with Crippen molar-refractivity contribution in [1.29, 1.82) is 0 Å². The highest BCUT2D eigenvalue weighted by molar-refractivity contribution is 9.10. The van der Waals surface area contributed by atoms with Crippen molar-refractivity contribution in [3.63, 3.8) is 0 Å². The van der Waals surface area contributed by atoms with Crippen molar-refractivity contribution in [2.75, 3.05) is 11.9 Å². The summed E-state index contributed by atoms with van der Waals surface area (Å²) in [6, 6.07) is 0. The molecule has 1 aliphatic rings. The van der Waals surface area contributed by atoms with Gasteiger partial charge in [0.15, 0.2) is 11.5 Å². The van der Waals surface area contributed by atoms with E-state index in [1.165, 1.54) is 0 Å². The first kappa shape index (κ1) is 11.9. The second-order valence-electron chi connectivity index (χ2n) is 4.86. The zero-order valence-corrected chi connectivity index (χ0v) is 11.5. The van der Waals surface area contributed by atoms with Crippen LogP contribution in [0, 0.1) is 0 Å². The van der Waals surface area contributed by atoms with Crippen molar-refractivity contribution in [3.8, 4) is 0 Å². The van der Waals surface area contributed by atoms with Gasteiger partial charge in [-0.15, -0.1) is 0 Å². The van der Waals surface area contributed by atoms with Crippen LogP contribution in [0.15, 0.2) is 23.2 Å². The number of imidazole rings is 1. The summed E-state index contributed by atoms with van der Waals surface area (Å²) in [6.07, 6.45) is 9.39. The SMILES string of the molecule is OC1(CNc2nc(Br)cn3ccnc23)CCCC1. The van der Waals surface area contributed by atoms with Crippen LogP contribution in [-0.4, -0.2) is 31.6 Å². The normalized spacial score (nSPS) is 18.3. The van der Waals surface area contributed by atoms with Gasteiger partial charge in [0.25, 0.3) is 0 Å². The fourth-order valence-electron chi connectivity index (χ4n) is 2.48. The van der Waals surface area contributed by atoms with E-state index in [4.69, 9.17) is 0 Å². The quantitative estimate of drug-likeness (QED) is 0.912. The smallest absolute Gasteiger partial charge is 0.180 e. The van der Waals surface area contributed by atoms with Crippen LogP contribution in [0.1, 0.15) is 25.7 Å². The lowest BCUT2D eigenvalue weighted by Crippen LogP contribution is -2.33. The highest BCUT2D eigenvalue weighted by Crippen LogP contribution is 2.29. The molecule has 96 valence electrons. The summed E-state index contributed by atoms with van der Waals surface area (Å²) in [7, 11) is 0. The molecule has 0 saturated heterocycles. The highest BCUT2D eigenvalue weighted by atomic mass is 79.9. The topological polar surface area (TPSA) is 62.5 Å². The fraction of sp³-hybridized carbons (Fsp3) is 0.500. The summed E-state index contributed by atoms with van der Waals surface area (Å²) < 4.78 is 2.65. The first-order chi connectivity index (χ1) is 8.66. The van der Waals surface area contributed by atoms with Gasteiger partial charge in [0.05, 0.1) is 5.60 Å². The van der Waals surface area contributed by atoms with Crippen LogP contribution in [0.2, 0.25) is 0 Å². The molecule has 0 radical (unpaired) electrons. The van der Waals surface area contributed by atoms with Crippen LogP contribution >= 0.6 is 15.9 Å². The van der Waals surface area contributed by atoms with E-state index in [-0.39, 0.29) is 0 Å². The van der Waals surface area contributed by atoms with Gasteiger partial charge in [-0.3, -0.25) is 0 Å². The predicted molar refractivity (Wildman–Crippen MR) is 72.6 cm³/mol. The molecule has 18 heavy (non-hydrogen) atoms. The molecule has 2 aromatic heterocycles.